The van der Waals surface area contributed by atoms with Crippen molar-refractivity contribution >= 4 is 21.6 Å². The van der Waals surface area contributed by atoms with Crippen molar-refractivity contribution in [2.75, 3.05) is 59.0 Å². The molecule has 5 rings (SSSR count). The highest BCUT2D eigenvalue weighted by molar-refractivity contribution is 7.89. The van der Waals surface area contributed by atoms with Crippen LogP contribution in [0.25, 0.3) is 0 Å². The summed E-state index contributed by atoms with van der Waals surface area (Å²) in [5, 5.41) is 0. The van der Waals surface area contributed by atoms with E-state index in [2.05, 4.69) is 0 Å². The number of halogens is 2. The number of ether oxygens (including phenoxy) is 3. The van der Waals surface area contributed by atoms with E-state index in [9.17, 15) is 22.0 Å². The van der Waals surface area contributed by atoms with Crippen molar-refractivity contribution < 1.29 is 36.2 Å². The zero-order valence-electron chi connectivity index (χ0n) is 23.0. The number of carbonyl (C=O) groups is 1. The molecule has 9 nitrogen and oxygen atoms in total. The van der Waals surface area contributed by atoms with Crippen LogP contribution in [-0.4, -0.2) is 77.6 Å². The van der Waals surface area contributed by atoms with Crippen LogP contribution in [0.3, 0.4) is 0 Å². The lowest BCUT2D eigenvalue weighted by atomic mass is 10.0. The number of benzene rings is 3. The van der Waals surface area contributed by atoms with Crippen LogP contribution in [0.4, 0.5) is 14.5 Å². The van der Waals surface area contributed by atoms with Crippen LogP contribution in [0, 0.1) is 11.6 Å². The van der Waals surface area contributed by atoms with Gasteiger partial charge in [-0.15, -0.1) is 0 Å². The van der Waals surface area contributed by atoms with Crippen LogP contribution in [-0.2, 0) is 23.0 Å². The topological polar surface area (TPSA) is 88.6 Å². The lowest BCUT2D eigenvalue weighted by Crippen LogP contribution is -2.49. The number of hydrogen-bond donors (Lipinski definition) is 0. The number of piperazine rings is 1. The number of anilines is 1. The number of hydrogen-bond acceptors (Lipinski definition) is 7. The molecule has 0 unspecified atom stereocenters. The summed E-state index contributed by atoms with van der Waals surface area (Å²) < 4.78 is 72.7. The molecule has 0 bridgehead atoms. The number of fused-ring (bicyclic) bond motifs is 1. The van der Waals surface area contributed by atoms with Gasteiger partial charge < -0.3 is 24.0 Å². The Hall–Kier alpha value is -3.90. The maximum absolute atomic E-state index is 14.2. The van der Waals surface area contributed by atoms with Gasteiger partial charge in [0.2, 0.25) is 10.0 Å². The Balaban J connectivity index is 1.34. The van der Waals surface area contributed by atoms with Crippen LogP contribution in [0.15, 0.2) is 53.4 Å². The number of carbonyl (C=O) groups excluding carboxylic acids is 1. The zero-order chi connectivity index (χ0) is 29.3. The molecule has 0 N–H and O–H groups in total. The first kappa shape index (κ1) is 28.6. The third kappa shape index (κ3) is 5.53. The highest BCUT2D eigenvalue weighted by Gasteiger charge is 2.31. The van der Waals surface area contributed by atoms with Crippen molar-refractivity contribution in [3.63, 3.8) is 0 Å². The van der Waals surface area contributed by atoms with E-state index in [4.69, 9.17) is 14.2 Å². The molecule has 0 spiro atoms. The average molecular weight is 588 g/mol. The van der Waals surface area contributed by atoms with Gasteiger partial charge >= 0.3 is 0 Å². The summed E-state index contributed by atoms with van der Waals surface area (Å²) in [4.78, 5) is 16.4. The van der Waals surface area contributed by atoms with E-state index in [0.29, 0.717) is 55.1 Å². The Morgan fingerprint density at radius 1 is 0.780 bits per heavy atom. The Labute approximate surface area is 237 Å². The minimum atomic E-state index is -3.85. The summed E-state index contributed by atoms with van der Waals surface area (Å²) in [6.07, 6.45) is 0.530. The molecule has 3 aromatic carbocycles. The Kier molecular flexibility index (Phi) is 8.05. The first-order valence-electron chi connectivity index (χ1n) is 13.1. The number of methoxy groups -OCH3 is 3. The summed E-state index contributed by atoms with van der Waals surface area (Å²) in [5.74, 6) is -0.544. The molecule has 2 aliphatic heterocycles. The third-order valence-corrected chi connectivity index (χ3v) is 9.38. The summed E-state index contributed by atoms with van der Waals surface area (Å²) in [5.41, 5.74) is 2.25. The fourth-order valence-electron chi connectivity index (χ4n) is 5.27. The van der Waals surface area contributed by atoms with E-state index in [1.165, 1.54) is 29.5 Å². The van der Waals surface area contributed by atoms with E-state index in [1.54, 1.807) is 19.2 Å². The SMILES string of the molecule is COc1cc2c(cc1OC)CN(S(=O)(=O)c1ccc(OC)c(N3CCN(C(=O)c4ccc(F)cc4F)CC3)c1)CC2. The Morgan fingerprint density at radius 3 is 2.07 bits per heavy atom. The standard InChI is InChI=1S/C29H31F2N3O6S/c1-38-26-7-5-22(41(36,37)34-9-8-19-14-27(39-2)28(40-3)15-20(19)18-34)17-25(26)32-10-12-33(13-11-32)29(35)23-6-4-21(30)16-24(23)31/h4-7,14-17H,8-13,18H2,1-3H3. The van der Waals surface area contributed by atoms with Gasteiger partial charge in [-0.25, -0.2) is 17.2 Å². The monoisotopic (exact) mass is 587 g/mol. The van der Waals surface area contributed by atoms with E-state index in [1.807, 2.05) is 17.0 Å². The lowest BCUT2D eigenvalue weighted by Gasteiger charge is -2.37. The molecular weight excluding hydrogens is 556 g/mol. The van der Waals surface area contributed by atoms with Crippen molar-refractivity contribution in [1.82, 2.24) is 9.21 Å². The first-order chi connectivity index (χ1) is 19.7. The second kappa shape index (κ2) is 11.5. The Morgan fingerprint density at radius 2 is 1.44 bits per heavy atom. The van der Waals surface area contributed by atoms with Gasteiger partial charge in [-0.2, -0.15) is 4.31 Å². The largest absolute Gasteiger partial charge is 0.495 e. The molecule has 2 heterocycles. The minimum Gasteiger partial charge on any atom is -0.495 e. The molecule has 1 amide bonds. The molecule has 0 aliphatic carbocycles. The molecular formula is C29H31F2N3O6S. The van der Waals surface area contributed by atoms with Crippen molar-refractivity contribution in [2.24, 2.45) is 0 Å². The number of nitrogens with zero attached hydrogens (tertiary/aromatic N) is 3. The van der Waals surface area contributed by atoms with Crippen molar-refractivity contribution in [3.8, 4) is 17.2 Å². The average Bonchev–Trinajstić information content (AvgIpc) is 2.99. The Bertz CT molecular complexity index is 1570. The predicted octanol–water partition coefficient (Wildman–Crippen LogP) is 3.70. The van der Waals surface area contributed by atoms with Gasteiger partial charge in [0.25, 0.3) is 5.91 Å². The maximum atomic E-state index is 14.2. The maximum Gasteiger partial charge on any atom is 0.256 e. The third-order valence-electron chi connectivity index (χ3n) is 7.54. The van der Waals surface area contributed by atoms with Gasteiger partial charge in [-0.05, 0) is 60.0 Å². The van der Waals surface area contributed by atoms with Crippen LogP contribution in [0.2, 0.25) is 0 Å². The highest BCUT2D eigenvalue weighted by atomic mass is 32.2. The fraction of sp³-hybridized carbons (Fsp3) is 0.345. The highest BCUT2D eigenvalue weighted by Crippen LogP contribution is 2.37. The molecule has 1 fully saturated rings. The summed E-state index contributed by atoms with van der Waals surface area (Å²) in [7, 11) is 0.757. The quantitative estimate of drug-likeness (QED) is 0.417. The second-order valence-corrected chi connectivity index (χ2v) is 11.7. The van der Waals surface area contributed by atoms with Crippen LogP contribution in [0.5, 0.6) is 17.2 Å². The van der Waals surface area contributed by atoms with Crippen molar-refractivity contribution in [3.05, 3.63) is 76.9 Å². The van der Waals surface area contributed by atoms with Crippen LogP contribution in [0.1, 0.15) is 21.5 Å². The van der Waals surface area contributed by atoms with Gasteiger partial charge in [0.15, 0.2) is 11.5 Å². The summed E-state index contributed by atoms with van der Waals surface area (Å²) in [6.45, 7) is 1.78. The summed E-state index contributed by atoms with van der Waals surface area (Å²) >= 11 is 0. The first-order valence-corrected chi connectivity index (χ1v) is 14.5. The number of rotatable bonds is 7. The van der Waals surface area contributed by atoms with Crippen molar-refractivity contribution in [2.45, 2.75) is 17.9 Å². The van der Waals surface area contributed by atoms with E-state index in [-0.39, 0.29) is 30.1 Å². The molecule has 0 aromatic heterocycles. The normalized spacial score (nSPS) is 15.8. The zero-order valence-corrected chi connectivity index (χ0v) is 23.8. The smallest absolute Gasteiger partial charge is 0.256 e. The molecule has 3 aromatic rings. The molecule has 0 atom stereocenters. The molecule has 12 heteroatoms. The molecule has 218 valence electrons. The fourth-order valence-corrected chi connectivity index (χ4v) is 6.71. The van der Waals surface area contributed by atoms with Gasteiger partial charge in [0, 0.05) is 45.3 Å². The predicted molar refractivity (Wildman–Crippen MR) is 148 cm³/mol. The molecule has 41 heavy (non-hydrogen) atoms. The van der Waals surface area contributed by atoms with Crippen LogP contribution < -0.4 is 19.1 Å². The van der Waals surface area contributed by atoms with Crippen LogP contribution >= 0.6 is 0 Å². The van der Waals surface area contributed by atoms with Crippen molar-refractivity contribution in [1.29, 1.82) is 0 Å². The molecule has 2 aliphatic rings. The van der Waals surface area contributed by atoms with E-state index >= 15 is 0 Å². The van der Waals surface area contributed by atoms with Gasteiger partial charge in [0.1, 0.15) is 17.4 Å². The van der Waals surface area contributed by atoms with Gasteiger partial charge in [0.05, 0.1) is 37.5 Å². The second-order valence-electron chi connectivity index (χ2n) is 9.80. The van der Waals surface area contributed by atoms with Gasteiger partial charge in [-0.3, -0.25) is 4.79 Å². The molecule has 1 saturated heterocycles. The number of amides is 1. The summed E-state index contributed by atoms with van der Waals surface area (Å²) in [6, 6.07) is 11.3. The minimum absolute atomic E-state index is 0.129. The lowest BCUT2D eigenvalue weighted by molar-refractivity contribution is 0.0742. The van der Waals surface area contributed by atoms with Gasteiger partial charge in [-0.1, -0.05) is 0 Å². The van der Waals surface area contributed by atoms with E-state index < -0.39 is 27.6 Å². The van der Waals surface area contributed by atoms with E-state index in [0.717, 1.165) is 23.3 Å². The molecule has 0 saturated carbocycles. The molecule has 0 radical (unpaired) electrons. The number of sulfonamides is 1.